The third kappa shape index (κ3) is 4.18. The van der Waals surface area contributed by atoms with Crippen LogP contribution in [-0.4, -0.2) is 31.7 Å². The Hall–Kier alpha value is -0.610. The van der Waals surface area contributed by atoms with Crippen LogP contribution < -0.4 is 11.1 Å². The minimum atomic E-state index is -0.116. The summed E-state index contributed by atoms with van der Waals surface area (Å²) in [5, 5.41) is 2.93. The number of hydrogen-bond acceptors (Lipinski definition) is 3. The molecule has 3 N–H and O–H groups in total. The lowest BCUT2D eigenvalue weighted by atomic mass is 10.0. The Morgan fingerprint density at radius 3 is 2.87 bits per heavy atom. The van der Waals surface area contributed by atoms with Crippen molar-refractivity contribution in [3.05, 3.63) is 0 Å². The van der Waals surface area contributed by atoms with Gasteiger partial charge in [0, 0.05) is 25.1 Å². The molecule has 1 rings (SSSR count). The number of nitrogens with two attached hydrogens (primary N) is 1. The zero-order chi connectivity index (χ0) is 11.3. The van der Waals surface area contributed by atoms with E-state index in [1.165, 1.54) is 0 Å². The molecule has 3 atom stereocenters. The van der Waals surface area contributed by atoms with Gasteiger partial charge in [-0.05, 0) is 25.7 Å². The molecular weight excluding hydrogens is 192 g/mol. The summed E-state index contributed by atoms with van der Waals surface area (Å²) in [5.41, 5.74) is 5.66. The number of nitrogens with one attached hydrogen (secondary N) is 1. The van der Waals surface area contributed by atoms with Gasteiger partial charge in [0.2, 0.25) is 5.91 Å². The van der Waals surface area contributed by atoms with Gasteiger partial charge in [0.15, 0.2) is 0 Å². The van der Waals surface area contributed by atoms with Crippen LogP contribution in [0.15, 0.2) is 0 Å². The number of carbonyl (C=O) groups excluding carboxylic acids is 1. The first kappa shape index (κ1) is 12.5. The molecule has 0 saturated carbocycles. The zero-order valence-electron chi connectivity index (χ0n) is 9.66. The van der Waals surface area contributed by atoms with Gasteiger partial charge in [-0.15, -0.1) is 0 Å². The number of amides is 1. The van der Waals surface area contributed by atoms with E-state index in [1.54, 1.807) is 0 Å². The first-order valence-electron chi connectivity index (χ1n) is 5.72. The van der Waals surface area contributed by atoms with E-state index in [2.05, 4.69) is 5.32 Å². The predicted molar refractivity (Wildman–Crippen MR) is 59.4 cm³/mol. The Morgan fingerprint density at radius 1 is 1.60 bits per heavy atom. The Labute approximate surface area is 91.5 Å². The SMILES string of the molecule is CC(N)C(C)C(=O)NCC1CCCOC1. The third-order valence-electron chi connectivity index (χ3n) is 3.02. The molecule has 0 spiro atoms. The van der Waals surface area contributed by atoms with Crippen molar-refractivity contribution in [3.8, 4) is 0 Å². The van der Waals surface area contributed by atoms with Crippen molar-refractivity contribution in [2.45, 2.75) is 32.7 Å². The van der Waals surface area contributed by atoms with Crippen LogP contribution in [0.3, 0.4) is 0 Å². The Bertz CT molecular complexity index is 201. The minimum absolute atomic E-state index is 0.0515. The van der Waals surface area contributed by atoms with Crippen LogP contribution in [0.1, 0.15) is 26.7 Å². The Kier molecular flexibility index (Phi) is 5.05. The highest BCUT2D eigenvalue weighted by Crippen LogP contribution is 2.12. The van der Waals surface area contributed by atoms with Gasteiger partial charge < -0.3 is 15.8 Å². The van der Waals surface area contributed by atoms with Crippen molar-refractivity contribution >= 4 is 5.91 Å². The van der Waals surface area contributed by atoms with Crippen molar-refractivity contribution < 1.29 is 9.53 Å². The molecule has 1 aliphatic rings. The number of hydrogen-bond donors (Lipinski definition) is 2. The highest BCUT2D eigenvalue weighted by Gasteiger charge is 2.19. The average Bonchev–Trinajstić information content (AvgIpc) is 2.26. The molecule has 1 heterocycles. The van der Waals surface area contributed by atoms with Crippen LogP contribution >= 0.6 is 0 Å². The summed E-state index contributed by atoms with van der Waals surface area (Å²) in [7, 11) is 0. The van der Waals surface area contributed by atoms with Gasteiger partial charge in [0.25, 0.3) is 0 Å². The lowest BCUT2D eigenvalue weighted by molar-refractivity contribution is -0.125. The molecule has 1 fully saturated rings. The van der Waals surface area contributed by atoms with Crippen LogP contribution in [0.5, 0.6) is 0 Å². The second kappa shape index (κ2) is 6.08. The summed E-state index contributed by atoms with van der Waals surface area (Å²) in [6, 6.07) is -0.0902. The lowest BCUT2D eigenvalue weighted by Crippen LogP contribution is -2.41. The quantitative estimate of drug-likeness (QED) is 0.717. The van der Waals surface area contributed by atoms with Gasteiger partial charge in [0.1, 0.15) is 0 Å². The van der Waals surface area contributed by atoms with Crippen LogP contribution in [-0.2, 0) is 9.53 Å². The molecule has 0 aromatic heterocycles. The first-order valence-corrected chi connectivity index (χ1v) is 5.72. The van der Waals surface area contributed by atoms with Gasteiger partial charge >= 0.3 is 0 Å². The molecule has 0 radical (unpaired) electrons. The van der Waals surface area contributed by atoms with Gasteiger partial charge in [0.05, 0.1) is 6.61 Å². The van der Waals surface area contributed by atoms with Crippen molar-refractivity contribution in [2.24, 2.45) is 17.6 Å². The number of rotatable bonds is 4. The fraction of sp³-hybridized carbons (Fsp3) is 0.909. The smallest absolute Gasteiger partial charge is 0.224 e. The minimum Gasteiger partial charge on any atom is -0.381 e. The van der Waals surface area contributed by atoms with Gasteiger partial charge in [-0.1, -0.05) is 6.92 Å². The fourth-order valence-corrected chi connectivity index (χ4v) is 1.61. The summed E-state index contributed by atoms with van der Waals surface area (Å²) < 4.78 is 5.35. The molecule has 1 saturated heterocycles. The lowest BCUT2D eigenvalue weighted by Gasteiger charge is -2.23. The molecule has 0 bridgehead atoms. The summed E-state index contributed by atoms with van der Waals surface area (Å²) >= 11 is 0. The zero-order valence-corrected chi connectivity index (χ0v) is 9.66. The highest BCUT2D eigenvalue weighted by molar-refractivity contribution is 5.78. The molecule has 88 valence electrons. The van der Waals surface area contributed by atoms with E-state index < -0.39 is 0 Å². The maximum atomic E-state index is 11.6. The van der Waals surface area contributed by atoms with E-state index in [4.69, 9.17) is 10.5 Å². The normalized spacial score (nSPS) is 25.7. The van der Waals surface area contributed by atoms with E-state index in [-0.39, 0.29) is 17.9 Å². The van der Waals surface area contributed by atoms with Gasteiger partial charge in [-0.2, -0.15) is 0 Å². The van der Waals surface area contributed by atoms with Crippen molar-refractivity contribution in [3.63, 3.8) is 0 Å². The maximum Gasteiger partial charge on any atom is 0.224 e. The topological polar surface area (TPSA) is 64.4 Å². The molecule has 0 aliphatic carbocycles. The molecule has 4 nitrogen and oxygen atoms in total. The second-order valence-corrected chi connectivity index (χ2v) is 4.48. The molecule has 0 aromatic rings. The monoisotopic (exact) mass is 214 g/mol. The summed E-state index contributed by atoms with van der Waals surface area (Å²) in [5.74, 6) is 0.410. The third-order valence-corrected chi connectivity index (χ3v) is 3.02. The van der Waals surface area contributed by atoms with E-state index in [9.17, 15) is 4.79 Å². The van der Waals surface area contributed by atoms with Gasteiger partial charge in [-0.25, -0.2) is 0 Å². The Balaban J connectivity index is 2.20. The molecule has 3 unspecified atom stereocenters. The van der Waals surface area contributed by atoms with Crippen LogP contribution in [0, 0.1) is 11.8 Å². The fourth-order valence-electron chi connectivity index (χ4n) is 1.61. The standard InChI is InChI=1S/C11H22N2O2/c1-8(9(2)12)11(14)13-6-10-4-3-5-15-7-10/h8-10H,3-7,12H2,1-2H3,(H,13,14). The molecule has 1 aliphatic heterocycles. The molecule has 4 heteroatoms. The number of ether oxygens (including phenoxy) is 1. The van der Waals surface area contributed by atoms with Crippen LogP contribution in [0.25, 0.3) is 0 Å². The molecule has 1 amide bonds. The average molecular weight is 214 g/mol. The van der Waals surface area contributed by atoms with Crippen molar-refractivity contribution in [1.29, 1.82) is 0 Å². The summed E-state index contributed by atoms with van der Waals surface area (Å²) in [6.45, 7) is 6.06. The van der Waals surface area contributed by atoms with Crippen molar-refractivity contribution in [2.75, 3.05) is 19.8 Å². The molecular formula is C11H22N2O2. The van der Waals surface area contributed by atoms with Crippen LogP contribution in [0.2, 0.25) is 0 Å². The van der Waals surface area contributed by atoms with Crippen molar-refractivity contribution in [1.82, 2.24) is 5.32 Å². The van der Waals surface area contributed by atoms with Gasteiger partial charge in [-0.3, -0.25) is 4.79 Å². The van der Waals surface area contributed by atoms with E-state index in [0.29, 0.717) is 5.92 Å². The van der Waals surface area contributed by atoms with E-state index >= 15 is 0 Å². The molecule has 15 heavy (non-hydrogen) atoms. The largest absolute Gasteiger partial charge is 0.381 e. The Morgan fingerprint density at radius 2 is 2.33 bits per heavy atom. The maximum absolute atomic E-state index is 11.6. The van der Waals surface area contributed by atoms with E-state index in [0.717, 1.165) is 32.6 Å². The van der Waals surface area contributed by atoms with E-state index in [1.807, 2.05) is 13.8 Å². The first-order chi connectivity index (χ1) is 7.11. The predicted octanol–water partition coefficient (Wildman–Crippen LogP) is 0.513. The summed E-state index contributed by atoms with van der Waals surface area (Å²) in [4.78, 5) is 11.6. The van der Waals surface area contributed by atoms with Crippen LogP contribution in [0.4, 0.5) is 0 Å². The molecule has 0 aromatic carbocycles. The second-order valence-electron chi connectivity index (χ2n) is 4.48. The summed E-state index contributed by atoms with van der Waals surface area (Å²) in [6.07, 6.45) is 2.25. The highest BCUT2D eigenvalue weighted by atomic mass is 16.5. The number of carbonyl (C=O) groups is 1.